The first-order valence-electron chi connectivity index (χ1n) is 5.91. The molecule has 3 rings (SSSR count). The van der Waals surface area contributed by atoms with E-state index >= 15 is 0 Å². The number of aromatic nitrogens is 1. The number of carboxylic acids is 1. The maximum atomic E-state index is 11.5. The molecule has 1 aromatic carbocycles. The highest BCUT2D eigenvalue weighted by Gasteiger charge is 2.29. The van der Waals surface area contributed by atoms with Crippen molar-refractivity contribution in [1.82, 2.24) is 4.98 Å². The standard InChI is InChI=1S/C14H12BrNO2/c1-7-12(14(17)18)10-6-9(15)4-5-11(10)16-13(7)8-2-3-8/h4-6,8H,2-3H2,1H3,(H,17,18). The smallest absolute Gasteiger partial charge is 0.336 e. The van der Waals surface area contributed by atoms with Crippen molar-refractivity contribution in [1.29, 1.82) is 0 Å². The third kappa shape index (κ3) is 1.81. The molecular weight excluding hydrogens is 294 g/mol. The molecule has 0 saturated heterocycles. The summed E-state index contributed by atoms with van der Waals surface area (Å²) in [5.41, 5.74) is 2.93. The number of fused-ring (bicyclic) bond motifs is 1. The van der Waals surface area contributed by atoms with Gasteiger partial charge in [-0.1, -0.05) is 15.9 Å². The summed E-state index contributed by atoms with van der Waals surface area (Å²) in [6, 6.07) is 5.60. The van der Waals surface area contributed by atoms with E-state index in [0.717, 1.165) is 34.1 Å². The van der Waals surface area contributed by atoms with Gasteiger partial charge in [0.05, 0.1) is 11.1 Å². The van der Waals surface area contributed by atoms with Gasteiger partial charge >= 0.3 is 5.97 Å². The van der Waals surface area contributed by atoms with Crippen LogP contribution >= 0.6 is 15.9 Å². The Morgan fingerprint density at radius 2 is 2.17 bits per heavy atom. The summed E-state index contributed by atoms with van der Waals surface area (Å²) in [5.74, 6) is -0.420. The van der Waals surface area contributed by atoms with Crippen molar-refractivity contribution < 1.29 is 9.90 Å². The molecule has 1 aliphatic carbocycles. The van der Waals surface area contributed by atoms with Gasteiger partial charge < -0.3 is 5.11 Å². The first-order valence-corrected chi connectivity index (χ1v) is 6.70. The van der Waals surface area contributed by atoms with E-state index in [9.17, 15) is 9.90 Å². The van der Waals surface area contributed by atoms with Crippen molar-refractivity contribution in [2.45, 2.75) is 25.7 Å². The van der Waals surface area contributed by atoms with Gasteiger partial charge in [-0.3, -0.25) is 4.98 Å². The highest BCUT2D eigenvalue weighted by atomic mass is 79.9. The van der Waals surface area contributed by atoms with Crippen LogP contribution in [-0.2, 0) is 0 Å². The number of aromatic carboxylic acids is 1. The maximum absolute atomic E-state index is 11.5. The van der Waals surface area contributed by atoms with E-state index in [2.05, 4.69) is 20.9 Å². The summed E-state index contributed by atoms with van der Waals surface area (Å²) >= 11 is 3.38. The van der Waals surface area contributed by atoms with Gasteiger partial charge in [-0.25, -0.2) is 4.79 Å². The zero-order valence-electron chi connectivity index (χ0n) is 9.90. The average Bonchev–Trinajstić information content (AvgIpc) is 3.11. The molecule has 1 aliphatic rings. The number of hydrogen-bond acceptors (Lipinski definition) is 2. The fourth-order valence-electron chi connectivity index (χ4n) is 2.38. The SMILES string of the molecule is Cc1c(C2CC2)nc2ccc(Br)cc2c1C(=O)O. The van der Waals surface area contributed by atoms with Gasteiger partial charge in [0.25, 0.3) is 0 Å². The molecule has 0 amide bonds. The average molecular weight is 306 g/mol. The monoisotopic (exact) mass is 305 g/mol. The second kappa shape index (κ2) is 4.05. The molecule has 0 bridgehead atoms. The van der Waals surface area contributed by atoms with Crippen LogP contribution in [0.2, 0.25) is 0 Å². The summed E-state index contributed by atoms with van der Waals surface area (Å²) in [5, 5.41) is 10.1. The topological polar surface area (TPSA) is 50.2 Å². The normalized spacial score (nSPS) is 15.0. The van der Waals surface area contributed by atoms with Crippen LogP contribution in [0.5, 0.6) is 0 Å². The molecule has 1 heterocycles. The second-order valence-electron chi connectivity index (χ2n) is 4.74. The van der Waals surface area contributed by atoms with E-state index in [4.69, 9.17) is 0 Å². The fourth-order valence-corrected chi connectivity index (χ4v) is 2.74. The number of pyridine rings is 1. The van der Waals surface area contributed by atoms with E-state index in [-0.39, 0.29) is 0 Å². The Hall–Kier alpha value is -1.42. The molecule has 1 aromatic heterocycles. The lowest BCUT2D eigenvalue weighted by Gasteiger charge is -2.11. The molecule has 0 aliphatic heterocycles. The van der Waals surface area contributed by atoms with Gasteiger partial charge in [-0.2, -0.15) is 0 Å². The van der Waals surface area contributed by atoms with Crippen LogP contribution in [0.25, 0.3) is 10.9 Å². The van der Waals surface area contributed by atoms with Crippen molar-refractivity contribution >= 4 is 32.8 Å². The summed E-state index contributed by atoms with van der Waals surface area (Å²) in [6.07, 6.45) is 2.24. The van der Waals surface area contributed by atoms with Crippen LogP contribution < -0.4 is 0 Å². The molecule has 0 unspecified atom stereocenters. The molecule has 1 fully saturated rings. The minimum atomic E-state index is -0.875. The van der Waals surface area contributed by atoms with Crippen molar-refractivity contribution in [2.24, 2.45) is 0 Å². The van der Waals surface area contributed by atoms with Crippen LogP contribution in [0, 0.1) is 6.92 Å². The second-order valence-corrected chi connectivity index (χ2v) is 5.65. The molecule has 2 aromatic rings. The Morgan fingerprint density at radius 3 is 2.78 bits per heavy atom. The van der Waals surface area contributed by atoms with Gasteiger partial charge in [0.2, 0.25) is 0 Å². The zero-order chi connectivity index (χ0) is 12.9. The maximum Gasteiger partial charge on any atom is 0.336 e. The first-order chi connectivity index (χ1) is 8.58. The minimum Gasteiger partial charge on any atom is -0.478 e. The van der Waals surface area contributed by atoms with Crippen molar-refractivity contribution in [3.63, 3.8) is 0 Å². The summed E-state index contributed by atoms with van der Waals surface area (Å²) in [4.78, 5) is 16.1. The first kappa shape index (κ1) is 11.7. The van der Waals surface area contributed by atoms with Crippen molar-refractivity contribution in [3.05, 3.63) is 39.5 Å². The molecule has 1 saturated carbocycles. The summed E-state index contributed by atoms with van der Waals surface area (Å²) in [6.45, 7) is 1.87. The highest BCUT2D eigenvalue weighted by molar-refractivity contribution is 9.10. The number of carbonyl (C=O) groups is 1. The third-order valence-corrected chi connectivity index (χ3v) is 3.90. The van der Waals surface area contributed by atoms with E-state index in [1.165, 1.54) is 0 Å². The Balaban J connectivity index is 2.39. The van der Waals surface area contributed by atoms with Gasteiger partial charge in [0.15, 0.2) is 0 Å². The quantitative estimate of drug-likeness (QED) is 0.916. The van der Waals surface area contributed by atoms with Gasteiger partial charge in [-0.05, 0) is 43.5 Å². The lowest BCUT2D eigenvalue weighted by Crippen LogP contribution is -2.06. The number of hydrogen-bond donors (Lipinski definition) is 1. The highest BCUT2D eigenvalue weighted by Crippen LogP contribution is 2.42. The van der Waals surface area contributed by atoms with E-state index in [0.29, 0.717) is 16.9 Å². The van der Waals surface area contributed by atoms with Crippen LogP contribution in [0.4, 0.5) is 0 Å². The minimum absolute atomic E-state index is 0.392. The molecule has 1 N–H and O–H groups in total. The number of rotatable bonds is 2. The van der Waals surface area contributed by atoms with Crippen LogP contribution in [0.3, 0.4) is 0 Å². The molecule has 0 spiro atoms. The molecular formula is C14H12BrNO2. The third-order valence-electron chi connectivity index (χ3n) is 3.41. The number of benzene rings is 1. The Morgan fingerprint density at radius 1 is 1.44 bits per heavy atom. The molecule has 0 atom stereocenters. The number of nitrogens with zero attached hydrogens (tertiary/aromatic N) is 1. The number of carboxylic acid groups (broad SMARTS) is 1. The molecule has 92 valence electrons. The summed E-state index contributed by atoms with van der Waals surface area (Å²) < 4.78 is 0.873. The van der Waals surface area contributed by atoms with Crippen molar-refractivity contribution in [2.75, 3.05) is 0 Å². The molecule has 18 heavy (non-hydrogen) atoms. The largest absolute Gasteiger partial charge is 0.478 e. The predicted octanol–water partition coefficient (Wildman–Crippen LogP) is 3.88. The zero-order valence-corrected chi connectivity index (χ0v) is 11.5. The Kier molecular flexibility index (Phi) is 2.63. The van der Waals surface area contributed by atoms with Gasteiger partial charge in [-0.15, -0.1) is 0 Å². The molecule has 3 nitrogen and oxygen atoms in total. The van der Waals surface area contributed by atoms with Crippen LogP contribution in [0.1, 0.15) is 40.4 Å². The van der Waals surface area contributed by atoms with Crippen molar-refractivity contribution in [3.8, 4) is 0 Å². The number of halogens is 1. The fraction of sp³-hybridized carbons (Fsp3) is 0.286. The summed E-state index contributed by atoms with van der Waals surface area (Å²) in [7, 11) is 0. The molecule has 0 radical (unpaired) electrons. The Bertz CT molecular complexity index is 662. The lowest BCUT2D eigenvalue weighted by molar-refractivity contribution is 0.0698. The van der Waals surface area contributed by atoms with Crippen LogP contribution in [-0.4, -0.2) is 16.1 Å². The van der Waals surface area contributed by atoms with Gasteiger partial charge in [0, 0.05) is 21.5 Å². The van der Waals surface area contributed by atoms with E-state index < -0.39 is 5.97 Å². The van der Waals surface area contributed by atoms with E-state index in [1.807, 2.05) is 25.1 Å². The van der Waals surface area contributed by atoms with Gasteiger partial charge in [0.1, 0.15) is 0 Å². The predicted molar refractivity (Wildman–Crippen MR) is 73.1 cm³/mol. The lowest BCUT2D eigenvalue weighted by atomic mass is 9.99. The Labute approximate surface area is 113 Å². The van der Waals surface area contributed by atoms with E-state index in [1.54, 1.807) is 0 Å². The molecule has 4 heteroatoms. The van der Waals surface area contributed by atoms with Crippen LogP contribution in [0.15, 0.2) is 22.7 Å².